The summed E-state index contributed by atoms with van der Waals surface area (Å²) in [6, 6.07) is 7.42. The summed E-state index contributed by atoms with van der Waals surface area (Å²) in [5.74, 6) is -0.101. The van der Waals surface area contributed by atoms with E-state index < -0.39 is 0 Å². The van der Waals surface area contributed by atoms with Crippen LogP contribution in [0.15, 0.2) is 29.6 Å². The van der Waals surface area contributed by atoms with Crippen LogP contribution in [-0.2, 0) is 6.54 Å². The molecule has 1 aromatic heterocycles. The molecule has 0 aliphatic heterocycles. The second kappa shape index (κ2) is 5.29. The summed E-state index contributed by atoms with van der Waals surface area (Å²) in [5.41, 5.74) is 2.38. The molecule has 88 valence electrons. The highest BCUT2D eigenvalue weighted by atomic mass is 35.5. The lowest BCUT2D eigenvalue weighted by Gasteiger charge is -2.04. The number of nitrogens with one attached hydrogen (secondary N) is 1. The van der Waals surface area contributed by atoms with Crippen molar-refractivity contribution in [2.24, 2.45) is 0 Å². The number of amides is 1. The van der Waals surface area contributed by atoms with Crippen molar-refractivity contribution in [1.29, 1.82) is 0 Å². The molecule has 0 spiro atoms. The van der Waals surface area contributed by atoms with Gasteiger partial charge in [-0.15, -0.1) is 0 Å². The van der Waals surface area contributed by atoms with Crippen LogP contribution in [0.25, 0.3) is 0 Å². The maximum Gasteiger partial charge on any atom is 0.254 e. The van der Waals surface area contributed by atoms with E-state index in [0.717, 1.165) is 11.3 Å². The number of hydrogen-bond acceptors (Lipinski definition) is 3. The van der Waals surface area contributed by atoms with Crippen LogP contribution in [0, 0.1) is 6.92 Å². The Hall–Kier alpha value is -1.39. The zero-order valence-electron chi connectivity index (χ0n) is 9.24. The van der Waals surface area contributed by atoms with Crippen LogP contribution in [0.5, 0.6) is 0 Å². The van der Waals surface area contributed by atoms with E-state index in [-0.39, 0.29) is 5.91 Å². The molecule has 0 fully saturated rings. The van der Waals surface area contributed by atoms with Crippen molar-refractivity contribution in [2.75, 3.05) is 0 Å². The fraction of sp³-hybridized carbons (Fsp3) is 0.167. The summed E-state index contributed by atoms with van der Waals surface area (Å²) in [4.78, 5) is 11.8. The molecular formula is C12H11ClN2OS. The fourth-order valence-electron chi connectivity index (χ4n) is 1.43. The van der Waals surface area contributed by atoms with E-state index in [2.05, 4.69) is 9.69 Å². The third kappa shape index (κ3) is 3.05. The Morgan fingerprint density at radius 3 is 3.00 bits per heavy atom. The van der Waals surface area contributed by atoms with Crippen LogP contribution in [0.2, 0.25) is 5.02 Å². The Morgan fingerprint density at radius 2 is 2.35 bits per heavy atom. The highest BCUT2D eigenvalue weighted by molar-refractivity contribution is 7.03. The molecule has 1 amide bonds. The third-order valence-electron chi connectivity index (χ3n) is 2.34. The molecule has 1 aromatic carbocycles. The molecule has 0 unspecified atom stereocenters. The highest BCUT2D eigenvalue weighted by Gasteiger charge is 2.10. The topological polar surface area (TPSA) is 42.0 Å². The van der Waals surface area contributed by atoms with Gasteiger partial charge in [-0.3, -0.25) is 4.79 Å². The van der Waals surface area contributed by atoms with E-state index >= 15 is 0 Å². The first-order valence-corrected chi connectivity index (χ1v) is 6.32. The molecule has 2 aromatic rings. The second-order valence-electron chi connectivity index (χ2n) is 3.63. The van der Waals surface area contributed by atoms with E-state index in [0.29, 0.717) is 17.1 Å². The minimum absolute atomic E-state index is 0.101. The predicted molar refractivity (Wildman–Crippen MR) is 69.5 cm³/mol. The largest absolute Gasteiger partial charge is 0.348 e. The van der Waals surface area contributed by atoms with Crippen LogP contribution >= 0.6 is 23.1 Å². The maximum absolute atomic E-state index is 11.8. The van der Waals surface area contributed by atoms with Gasteiger partial charge in [0.05, 0.1) is 11.3 Å². The molecule has 5 heteroatoms. The van der Waals surface area contributed by atoms with Gasteiger partial charge in [-0.2, -0.15) is 4.37 Å². The van der Waals surface area contributed by atoms with Gasteiger partial charge < -0.3 is 5.32 Å². The molecule has 0 radical (unpaired) electrons. The van der Waals surface area contributed by atoms with Crippen LogP contribution in [0.1, 0.15) is 21.6 Å². The molecular weight excluding hydrogens is 256 g/mol. The molecule has 17 heavy (non-hydrogen) atoms. The number of carbonyl (C=O) groups is 1. The standard InChI is InChI=1S/C12H11ClN2OS/c1-8-11(7-17-15-8)12(16)14-6-9-3-2-4-10(13)5-9/h2-5,7H,6H2,1H3,(H,14,16). The summed E-state index contributed by atoms with van der Waals surface area (Å²) >= 11 is 7.15. The minimum Gasteiger partial charge on any atom is -0.348 e. The van der Waals surface area contributed by atoms with Crippen molar-refractivity contribution in [2.45, 2.75) is 13.5 Å². The van der Waals surface area contributed by atoms with Gasteiger partial charge in [-0.05, 0) is 36.2 Å². The van der Waals surface area contributed by atoms with Gasteiger partial charge in [-0.25, -0.2) is 0 Å². The van der Waals surface area contributed by atoms with E-state index in [1.165, 1.54) is 11.5 Å². The van der Waals surface area contributed by atoms with Crippen LogP contribution in [0.4, 0.5) is 0 Å². The summed E-state index contributed by atoms with van der Waals surface area (Å²) in [6.45, 7) is 2.29. The number of benzene rings is 1. The first-order chi connectivity index (χ1) is 8.16. The van der Waals surface area contributed by atoms with Gasteiger partial charge >= 0.3 is 0 Å². The normalized spacial score (nSPS) is 10.2. The Balaban J connectivity index is 1.99. The third-order valence-corrected chi connectivity index (χ3v) is 3.29. The van der Waals surface area contributed by atoms with Gasteiger partial charge in [-0.1, -0.05) is 23.7 Å². The molecule has 0 atom stereocenters. The van der Waals surface area contributed by atoms with E-state index in [4.69, 9.17) is 11.6 Å². The van der Waals surface area contributed by atoms with Crippen LogP contribution in [0.3, 0.4) is 0 Å². The number of aryl methyl sites for hydroxylation is 1. The summed E-state index contributed by atoms with van der Waals surface area (Å²) < 4.78 is 4.07. The number of rotatable bonds is 3. The molecule has 1 N–H and O–H groups in total. The number of aromatic nitrogens is 1. The minimum atomic E-state index is -0.101. The average Bonchev–Trinajstić information content (AvgIpc) is 2.72. The lowest BCUT2D eigenvalue weighted by Crippen LogP contribution is -2.23. The lowest BCUT2D eigenvalue weighted by atomic mass is 10.2. The molecule has 0 bridgehead atoms. The van der Waals surface area contributed by atoms with Gasteiger partial charge in [0, 0.05) is 16.9 Å². The van der Waals surface area contributed by atoms with Crippen LogP contribution < -0.4 is 5.32 Å². The van der Waals surface area contributed by atoms with Crippen molar-refractivity contribution in [3.05, 3.63) is 51.5 Å². The van der Waals surface area contributed by atoms with Crippen molar-refractivity contribution in [3.63, 3.8) is 0 Å². The molecule has 0 aliphatic carbocycles. The van der Waals surface area contributed by atoms with Crippen molar-refractivity contribution < 1.29 is 4.79 Å². The Morgan fingerprint density at radius 1 is 1.53 bits per heavy atom. The van der Waals surface area contributed by atoms with E-state index in [9.17, 15) is 4.79 Å². The summed E-state index contributed by atoms with van der Waals surface area (Å²) in [6.07, 6.45) is 0. The second-order valence-corrected chi connectivity index (χ2v) is 4.69. The molecule has 0 saturated heterocycles. The number of halogens is 1. The monoisotopic (exact) mass is 266 g/mol. The summed E-state index contributed by atoms with van der Waals surface area (Å²) in [7, 11) is 0. The zero-order valence-corrected chi connectivity index (χ0v) is 10.8. The van der Waals surface area contributed by atoms with E-state index in [1.54, 1.807) is 11.4 Å². The maximum atomic E-state index is 11.8. The van der Waals surface area contributed by atoms with Gasteiger partial charge in [0.1, 0.15) is 0 Å². The number of carbonyl (C=O) groups excluding carboxylic acids is 1. The van der Waals surface area contributed by atoms with Gasteiger partial charge in [0.2, 0.25) is 0 Å². The summed E-state index contributed by atoms with van der Waals surface area (Å²) in [5, 5.41) is 5.26. The molecule has 0 aliphatic rings. The van der Waals surface area contributed by atoms with Crippen molar-refractivity contribution in [3.8, 4) is 0 Å². The average molecular weight is 267 g/mol. The van der Waals surface area contributed by atoms with E-state index in [1.807, 2.05) is 25.1 Å². The molecule has 1 heterocycles. The zero-order chi connectivity index (χ0) is 12.3. The predicted octanol–water partition coefficient (Wildman–Crippen LogP) is 3.03. The quantitative estimate of drug-likeness (QED) is 0.928. The Bertz CT molecular complexity index is 539. The molecule has 3 nitrogen and oxygen atoms in total. The fourth-order valence-corrected chi connectivity index (χ4v) is 2.34. The first kappa shape index (κ1) is 12.1. The lowest BCUT2D eigenvalue weighted by molar-refractivity contribution is 0.0950. The number of hydrogen-bond donors (Lipinski definition) is 1. The van der Waals surface area contributed by atoms with Gasteiger partial charge in [0.15, 0.2) is 0 Å². The SMILES string of the molecule is Cc1nscc1C(=O)NCc1cccc(Cl)c1. The smallest absolute Gasteiger partial charge is 0.254 e. The first-order valence-electron chi connectivity index (χ1n) is 5.10. The van der Waals surface area contributed by atoms with Crippen LogP contribution in [-0.4, -0.2) is 10.3 Å². The molecule has 0 saturated carbocycles. The highest BCUT2D eigenvalue weighted by Crippen LogP contribution is 2.12. The van der Waals surface area contributed by atoms with Gasteiger partial charge in [0.25, 0.3) is 5.91 Å². The van der Waals surface area contributed by atoms with Crippen molar-refractivity contribution >= 4 is 29.0 Å². The molecule has 2 rings (SSSR count). The Labute approximate surface area is 109 Å². The van der Waals surface area contributed by atoms with Crippen molar-refractivity contribution in [1.82, 2.24) is 9.69 Å². The number of nitrogens with zero attached hydrogens (tertiary/aromatic N) is 1. The Kier molecular flexibility index (Phi) is 3.76.